The average Bonchev–Trinajstić information content (AvgIpc) is 2.27. The minimum absolute atomic E-state index is 0.346. The Hall–Kier alpha value is -2.17. The van der Waals surface area contributed by atoms with E-state index in [9.17, 15) is 14.4 Å². The van der Waals surface area contributed by atoms with Crippen LogP contribution in [0.25, 0.3) is 0 Å². The van der Waals surface area contributed by atoms with Crippen molar-refractivity contribution < 1.29 is 19.1 Å². The summed E-state index contributed by atoms with van der Waals surface area (Å²) in [5, 5.41) is 2.02. The summed E-state index contributed by atoms with van der Waals surface area (Å²) in [4.78, 5) is 34.5. The van der Waals surface area contributed by atoms with Crippen LogP contribution in [0.2, 0.25) is 0 Å². The van der Waals surface area contributed by atoms with Gasteiger partial charge in [0.1, 0.15) is 5.60 Å². The predicted molar refractivity (Wildman–Crippen MR) is 69.8 cm³/mol. The summed E-state index contributed by atoms with van der Waals surface area (Å²) in [5.41, 5.74) is -0.254. The predicted octanol–water partition coefficient (Wildman–Crippen LogP) is 2.31. The zero-order valence-electron chi connectivity index (χ0n) is 11.2. The molecule has 0 aliphatic carbocycles. The molecule has 0 radical (unpaired) electrons. The molecule has 0 saturated heterocycles. The van der Waals surface area contributed by atoms with Crippen LogP contribution in [0, 0.1) is 0 Å². The van der Waals surface area contributed by atoms with Gasteiger partial charge in [-0.3, -0.25) is 14.9 Å². The van der Waals surface area contributed by atoms with Gasteiger partial charge in [0.05, 0.1) is 6.42 Å². The van der Waals surface area contributed by atoms with Gasteiger partial charge in [0, 0.05) is 5.56 Å². The van der Waals surface area contributed by atoms with Gasteiger partial charge in [-0.2, -0.15) is 0 Å². The molecule has 1 aromatic rings. The van der Waals surface area contributed by atoms with Crippen LogP contribution in [0.1, 0.15) is 37.6 Å². The van der Waals surface area contributed by atoms with Gasteiger partial charge in [0.15, 0.2) is 5.78 Å². The van der Waals surface area contributed by atoms with Crippen molar-refractivity contribution in [3.8, 4) is 0 Å². The second kappa shape index (κ2) is 6.13. The molecule has 0 spiro atoms. The Morgan fingerprint density at radius 3 is 2.21 bits per heavy atom. The number of imide groups is 1. The number of hydrogen-bond donors (Lipinski definition) is 1. The summed E-state index contributed by atoms with van der Waals surface area (Å²) in [5.74, 6) is -1.02. The molecule has 5 nitrogen and oxygen atoms in total. The fourth-order valence-electron chi connectivity index (χ4n) is 1.33. The number of carbonyl (C=O) groups excluding carboxylic acids is 3. The Labute approximate surface area is 111 Å². The highest BCUT2D eigenvalue weighted by Gasteiger charge is 2.19. The third-order valence-corrected chi connectivity index (χ3v) is 2.06. The number of benzene rings is 1. The lowest BCUT2D eigenvalue weighted by Gasteiger charge is -2.19. The summed E-state index contributed by atoms with van der Waals surface area (Å²) >= 11 is 0. The van der Waals surface area contributed by atoms with E-state index in [0.29, 0.717) is 5.56 Å². The third kappa shape index (κ3) is 5.81. The van der Waals surface area contributed by atoms with Crippen LogP contribution >= 0.6 is 0 Å². The van der Waals surface area contributed by atoms with Crippen LogP contribution in [0.3, 0.4) is 0 Å². The van der Waals surface area contributed by atoms with E-state index in [0.717, 1.165) is 0 Å². The Morgan fingerprint density at radius 1 is 1.11 bits per heavy atom. The number of carbonyl (C=O) groups is 3. The molecule has 0 heterocycles. The van der Waals surface area contributed by atoms with Crippen molar-refractivity contribution in [3.05, 3.63) is 35.9 Å². The third-order valence-electron chi connectivity index (χ3n) is 2.06. The maximum absolute atomic E-state index is 11.7. The van der Waals surface area contributed by atoms with E-state index in [1.54, 1.807) is 51.1 Å². The topological polar surface area (TPSA) is 72.5 Å². The zero-order valence-corrected chi connectivity index (χ0v) is 11.2. The van der Waals surface area contributed by atoms with E-state index < -0.39 is 17.6 Å². The highest BCUT2D eigenvalue weighted by molar-refractivity contribution is 6.09. The normalized spacial score (nSPS) is 10.7. The Balaban J connectivity index is 2.48. The Morgan fingerprint density at radius 2 is 1.68 bits per heavy atom. The number of ketones is 1. The van der Waals surface area contributed by atoms with Gasteiger partial charge in [-0.25, -0.2) is 4.79 Å². The number of nitrogens with one attached hydrogen (secondary N) is 1. The Kier molecular flexibility index (Phi) is 4.80. The van der Waals surface area contributed by atoms with Gasteiger partial charge < -0.3 is 4.74 Å². The molecule has 0 bridgehead atoms. The summed E-state index contributed by atoms with van der Waals surface area (Å²) in [6.45, 7) is 5.06. The second-order valence-corrected chi connectivity index (χ2v) is 5.02. The maximum atomic E-state index is 11.7. The first kappa shape index (κ1) is 14.9. The molecule has 1 aromatic carbocycles. The maximum Gasteiger partial charge on any atom is 0.414 e. The minimum Gasteiger partial charge on any atom is -0.444 e. The molecule has 0 aromatic heterocycles. The van der Waals surface area contributed by atoms with Gasteiger partial charge in [0.25, 0.3) is 0 Å². The van der Waals surface area contributed by atoms with E-state index in [4.69, 9.17) is 4.74 Å². The van der Waals surface area contributed by atoms with Gasteiger partial charge in [-0.05, 0) is 20.8 Å². The van der Waals surface area contributed by atoms with Crippen LogP contribution in [-0.2, 0) is 9.53 Å². The quantitative estimate of drug-likeness (QED) is 0.671. The SMILES string of the molecule is CC(C)(C)OC(=O)NC(=O)CC(=O)c1ccccc1. The molecule has 0 fully saturated rings. The molecule has 102 valence electrons. The lowest BCUT2D eigenvalue weighted by atomic mass is 10.1. The first-order chi connectivity index (χ1) is 8.78. The first-order valence-electron chi connectivity index (χ1n) is 5.89. The summed E-state index contributed by atoms with van der Waals surface area (Å²) in [7, 11) is 0. The van der Waals surface area contributed by atoms with Crippen LogP contribution in [0.4, 0.5) is 4.79 Å². The van der Waals surface area contributed by atoms with Crippen LogP contribution in [-0.4, -0.2) is 23.4 Å². The Bertz CT molecular complexity index is 474. The van der Waals surface area contributed by atoms with Crippen molar-refractivity contribution in [3.63, 3.8) is 0 Å². The van der Waals surface area contributed by atoms with Crippen LogP contribution < -0.4 is 5.32 Å². The number of hydrogen-bond acceptors (Lipinski definition) is 4. The van der Waals surface area contributed by atoms with Crippen molar-refractivity contribution in [2.75, 3.05) is 0 Å². The molecule has 2 amide bonds. The molecule has 0 atom stereocenters. The molecular formula is C14H17NO4. The fourth-order valence-corrected chi connectivity index (χ4v) is 1.33. The number of rotatable bonds is 3. The number of ether oxygens (including phenoxy) is 1. The molecule has 5 heteroatoms. The minimum atomic E-state index is -0.849. The van der Waals surface area contributed by atoms with Crippen LogP contribution in [0.15, 0.2) is 30.3 Å². The molecule has 0 aliphatic rings. The summed E-state index contributed by atoms with van der Waals surface area (Å²) in [6, 6.07) is 8.42. The molecule has 19 heavy (non-hydrogen) atoms. The molecule has 1 rings (SSSR count). The monoisotopic (exact) mass is 263 g/mol. The van der Waals surface area contributed by atoms with E-state index in [2.05, 4.69) is 0 Å². The van der Waals surface area contributed by atoms with Gasteiger partial charge >= 0.3 is 6.09 Å². The fraction of sp³-hybridized carbons (Fsp3) is 0.357. The zero-order chi connectivity index (χ0) is 14.5. The van der Waals surface area contributed by atoms with E-state index >= 15 is 0 Å². The molecular weight excluding hydrogens is 246 g/mol. The van der Waals surface area contributed by atoms with E-state index in [1.165, 1.54) is 0 Å². The summed E-state index contributed by atoms with van der Waals surface area (Å²) in [6.07, 6.45) is -1.23. The van der Waals surface area contributed by atoms with E-state index in [-0.39, 0.29) is 12.2 Å². The van der Waals surface area contributed by atoms with Crippen molar-refractivity contribution in [2.24, 2.45) is 0 Å². The lowest BCUT2D eigenvalue weighted by Crippen LogP contribution is -2.37. The summed E-state index contributed by atoms with van der Waals surface area (Å²) < 4.78 is 4.91. The molecule has 1 N–H and O–H groups in total. The van der Waals surface area contributed by atoms with Gasteiger partial charge in [-0.15, -0.1) is 0 Å². The van der Waals surface area contributed by atoms with E-state index in [1.807, 2.05) is 5.32 Å². The standard InChI is InChI=1S/C14H17NO4/c1-14(2,3)19-13(18)15-12(17)9-11(16)10-7-5-4-6-8-10/h4-8H,9H2,1-3H3,(H,15,17,18). The lowest BCUT2D eigenvalue weighted by molar-refractivity contribution is -0.119. The highest BCUT2D eigenvalue weighted by atomic mass is 16.6. The molecule has 0 aliphatic heterocycles. The highest BCUT2D eigenvalue weighted by Crippen LogP contribution is 2.07. The first-order valence-corrected chi connectivity index (χ1v) is 5.89. The molecule has 0 unspecified atom stereocenters. The smallest absolute Gasteiger partial charge is 0.414 e. The number of alkyl carbamates (subject to hydrolysis) is 1. The second-order valence-electron chi connectivity index (χ2n) is 5.02. The van der Waals surface area contributed by atoms with Gasteiger partial charge in [0.2, 0.25) is 5.91 Å². The average molecular weight is 263 g/mol. The number of amides is 2. The number of Topliss-reactive ketones (excluding diaryl/α,β-unsaturated/α-hetero) is 1. The van der Waals surface area contributed by atoms with Crippen molar-refractivity contribution >= 4 is 17.8 Å². The van der Waals surface area contributed by atoms with Crippen molar-refractivity contribution in [1.29, 1.82) is 0 Å². The van der Waals surface area contributed by atoms with Crippen molar-refractivity contribution in [1.82, 2.24) is 5.32 Å². The molecule has 0 saturated carbocycles. The van der Waals surface area contributed by atoms with Crippen LogP contribution in [0.5, 0.6) is 0 Å². The van der Waals surface area contributed by atoms with Gasteiger partial charge in [-0.1, -0.05) is 30.3 Å². The van der Waals surface area contributed by atoms with Crippen molar-refractivity contribution in [2.45, 2.75) is 32.8 Å². The largest absolute Gasteiger partial charge is 0.444 e.